The van der Waals surface area contributed by atoms with Crippen molar-refractivity contribution in [3.05, 3.63) is 28.7 Å². The minimum absolute atomic E-state index is 0.0559. The predicted octanol–water partition coefficient (Wildman–Crippen LogP) is 2.53. The molecule has 1 atom stereocenters. The van der Waals surface area contributed by atoms with E-state index in [1.54, 1.807) is 0 Å². The van der Waals surface area contributed by atoms with Gasteiger partial charge in [-0.2, -0.15) is 4.98 Å². The summed E-state index contributed by atoms with van der Waals surface area (Å²) in [6, 6.07) is -0.121. The Labute approximate surface area is 135 Å². The Morgan fingerprint density at radius 2 is 2.09 bits per heavy atom. The SMILES string of the molecule is CCc1noc([C@@H]2CCCCN2C(=O)Cc2c(C)noc2C)n1. The van der Waals surface area contributed by atoms with Crippen LogP contribution in [0.4, 0.5) is 0 Å². The van der Waals surface area contributed by atoms with Gasteiger partial charge in [0, 0.05) is 18.5 Å². The van der Waals surface area contributed by atoms with E-state index < -0.39 is 0 Å². The Kier molecular flexibility index (Phi) is 4.45. The highest BCUT2D eigenvalue weighted by Gasteiger charge is 2.32. The second-order valence-corrected chi connectivity index (χ2v) is 5.98. The summed E-state index contributed by atoms with van der Waals surface area (Å²) in [5.41, 5.74) is 1.65. The van der Waals surface area contributed by atoms with Gasteiger partial charge in [0.2, 0.25) is 11.8 Å². The van der Waals surface area contributed by atoms with Gasteiger partial charge in [0.1, 0.15) is 11.8 Å². The predicted molar refractivity (Wildman–Crippen MR) is 81.7 cm³/mol. The van der Waals surface area contributed by atoms with Gasteiger partial charge >= 0.3 is 0 Å². The molecule has 3 heterocycles. The maximum Gasteiger partial charge on any atom is 0.249 e. The van der Waals surface area contributed by atoms with Crippen molar-refractivity contribution in [3.63, 3.8) is 0 Å². The highest BCUT2D eigenvalue weighted by molar-refractivity contribution is 5.79. The van der Waals surface area contributed by atoms with Gasteiger partial charge in [-0.3, -0.25) is 4.79 Å². The summed E-state index contributed by atoms with van der Waals surface area (Å²) >= 11 is 0. The Bertz CT molecular complexity index is 672. The van der Waals surface area contributed by atoms with E-state index in [1.165, 1.54) is 0 Å². The monoisotopic (exact) mass is 318 g/mol. The van der Waals surface area contributed by atoms with Gasteiger partial charge in [0.25, 0.3) is 0 Å². The second-order valence-electron chi connectivity index (χ2n) is 5.98. The summed E-state index contributed by atoms with van der Waals surface area (Å²) in [4.78, 5) is 19.1. The van der Waals surface area contributed by atoms with Crippen molar-refractivity contribution in [2.75, 3.05) is 6.54 Å². The first-order valence-electron chi connectivity index (χ1n) is 8.13. The molecule has 23 heavy (non-hydrogen) atoms. The third-order valence-electron chi connectivity index (χ3n) is 4.42. The zero-order valence-corrected chi connectivity index (χ0v) is 13.8. The van der Waals surface area contributed by atoms with Gasteiger partial charge < -0.3 is 13.9 Å². The molecule has 3 rings (SSSR count). The van der Waals surface area contributed by atoms with Crippen LogP contribution in [0.25, 0.3) is 0 Å². The first-order valence-corrected chi connectivity index (χ1v) is 8.13. The first kappa shape index (κ1) is 15.7. The summed E-state index contributed by atoms with van der Waals surface area (Å²) < 4.78 is 10.5. The van der Waals surface area contributed by atoms with Crippen molar-refractivity contribution in [2.45, 2.75) is 58.9 Å². The van der Waals surface area contributed by atoms with Gasteiger partial charge in [0.05, 0.1) is 12.1 Å². The van der Waals surface area contributed by atoms with E-state index in [1.807, 2.05) is 25.7 Å². The van der Waals surface area contributed by atoms with Crippen LogP contribution in [0.5, 0.6) is 0 Å². The van der Waals surface area contributed by atoms with Crippen LogP contribution in [0.3, 0.4) is 0 Å². The highest BCUT2D eigenvalue weighted by atomic mass is 16.5. The zero-order valence-electron chi connectivity index (χ0n) is 13.8. The zero-order chi connectivity index (χ0) is 16.4. The third kappa shape index (κ3) is 3.13. The van der Waals surface area contributed by atoms with Crippen molar-refractivity contribution in [1.29, 1.82) is 0 Å². The lowest BCUT2D eigenvalue weighted by molar-refractivity contribution is -0.135. The first-order chi connectivity index (χ1) is 11.1. The average Bonchev–Trinajstić information content (AvgIpc) is 3.16. The van der Waals surface area contributed by atoms with Gasteiger partial charge in [0.15, 0.2) is 5.82 Å². The molecule has 0 N–H and O–H groups in total. The fourth-order valence-corrected chi connectivity index (χ4v) is 3.04. The minimum atomic E-state index is -0.121. The lowest BCUT2D eigenvalue weighted by Gasteiger charge is -2.33. The molecular weight excluding hydrogens is 296 g/mol. The van der Waals surface area contributed by atoms with Crippen LogP contribution < -0.4 is 0 Å². The smallest absolute Gasteiger partial charge is 0.249 e. The van der Waals surface area contributed by atoms with Crippen molar-refractivity contribution < 1.29 is 13.8 Å². The van der Waals surface area contributed by atoms with E-state index in [-0.39, 0.29) is 11.9 Å². The fraction of sp³-hybridized carbons (Fsp3) is 0.625. The Morgan fingerprint density at radius 3 is 2.74 bits per heavy atom. The average molecular weight is 318 g/mol. The molecule has 0 radical (unpaired) electrons. The second kappa shape index (κ2) is 6.52. The quantitative estimate of drug-likeness (QED) is 0.861. The number of hydrogen-bond donors (Lipinski definition) is 0. The van der Waals surface area contributed by atoms with Crippen LogP contribution in [-0.4, -0.2) is 32.6 Å². The van der Waals surface area contributed by atoms with Crippen LogP contribution in [0, 0.1) is 13.8 Å². The van der Waals surface area contributed by atoms with Crippen LogP contribution in [-0.2, 0) is 17.6 Å². The van der Waals surface area contributed by atoms with Crippen molar-refractivity contribution in [1.82, 2.24) is 20.2 Å². The number of carbonyl (C=O) groups is 1. The number of rotatable bonds is 4. The van der Waals surface area contributed by atoms with Crippen molar-refractivity contribution >= 4 is 5.91 Å². The molecule has 124 valence electrons. The number of carbonyl (C=O) groups excluding carboxylic acids is 1. The van der Waals surface area contributed by atoms with Crippen LogP contribution in [0.2, 0.25) is 0 Å². The van der Waals surface area contributed by atoms with Crippen molar-refractivity contribution in [2.24, 2.45) is 0 Å². The topological polar surface area (TPSA) is 85.3 Å². The van der Waals surface area contributed by atoms with Crippen LogP contribution in [0.1, 0.15) is 61.0 Å². The van der Waals surface area contributed by atoms with Crippen molar-refractivity contribution in [3.8, 4) is 0 Å². The molecule has 2 aromatic rings. The summed E-state index contributed by atoms with van der Waals surface area (Å²) in [6.45, 7) is 6.40. The number of aromatic nitrogens is 3. The molecule has 1 aliphatic rings. The maximum absolute atomic E-state index is 12.8. The largest absolute Gasteiger partial charge is 0.361 e. The molecule has 0 saturated carbocycles. The number of aryl methyl sites for hydroxylation is 3. The molecule has 1 amide bonds. The van der Waals surface area contributed by atoms with Gasteiger partial charge in [-0.05, 0) is 33.1 Å². The number of piperidine rings is 1. The number of likely N-dealkylation sites (tertiary alicyclic amines) is 1. The Balaban J connectivity index is 1.79. The molecule has 1 saturated heterocycles. The van der Waals surface area contributed by atoms with E-state index in [9.17, 15) is 4.79 Å². The Hall–Kier alpha value is -2.18. The maximum atomic E-state index is 12.8. The molecule has 2 aromatic heterocycles. The summed E-state index contributed by atoms with van der Waals surface area (Å²) in [7, 11) is 0. The summed E-state index contributed by atoms with van der Waals surface area (Å²) in [5.74, 6) is 1.99. The molecule has 0 aromatic carbocycles. The molecule has 0 spiro atoms. The van der Waals surface area contributed by atoms with E-state index in [0.29, 0.717) is 23.9 Å². The number of hydrogen-bond acceptors (Lipinski definition) is 6. The number of nitrogens with zero attached hydrogens (tertiary/aromatic N) is 4. The molecule has 1 fully saturated rings. The van der Waals surface area contributed by atoms with E-state index in [4.69, 9.17) is 9.05 Å². The number of amides is 1. The van der Waals surface area contributed by atoms with Crippen LogP contribution >= 0.6 is 0 Å². The molecule has 7 nitrogen and oxygen atoms in total. The normalized spacial score (nSPS) is 18.4. The molecule has 0 bridgehead atoms. The molecule has 0 aliphatic carbocycles. The highest BCUT2D eigenvalue weighted by Crippen LogP contribution is 2.31. The standard InChI is InChI=1S/C16H22N4O3/c1-4-14-17-16(23-19-14)13-7-5-6-8-20(13)15(21)9-12-10(2)18-22-11(12)3/h13H,4-9H2,1-3H3/t13-/m0/s1. The molecule has 0 unspecified atom stereocenters. The van der Waals surface area contributed by atoms with Crippen LogP contribution in [0.15, 0.2) is 9.05 Å². The van der Waals surface area contributed by atoms with E-state index in [2.05, 4.69) is 15.3 Å². The van der Waals surface area contributed by atoms with Gasteiger partial charge in [-0.15, -0.1) is 0 Å². The van der Waals surface area contributed by atoms with Gasteiger partial charge in [-0.1, -0.05) is 17.2 Å². The fourth-order valence-electron chi connectivity index (χ4n) is 3.04. The van der Waals surface area contributed by atoms with E-state index in [0.717, 1.165) is 43.5 Å². The lowest BCUT2D eigenvalue weighted by atomic mass is 10.0. The molecular formula is C16H22N4O3. The summed E-state index contributed by atoms with van der Waals surface area (Å²) in [5, 5.41) is 7.88. The summed E-state index contributed by atoms with van der Waals surface area (Å²) in [6.07, 6.45) is 3.94. The van der Waals surface area contributed by atoms with Gasteiger partial charge in [-0.25, -0.2) is 0 Å². The molecule has 7 heteroatoms. The third-order valence-corrected chi connectivity index (χ3v) is 4.42. The Morgan fingerprint density at radius 1 is 1.26 bits per heavy atom. The van der Waals surface area contributed by atoms with E-state index >= 15 is 0 Å². The minimum Gasteiger partial charge on any atom is -0.361 e. The lowest BCUT2D eigenvalue weighted by Crippen LogP contribution is -2.39. The molecule has 1 aliphatic heterocycles.